The van der Waals surface area contributed by atoms with Crippen LogP contribution in [0.15, 0.2) is 48.5 Å². The minimum atomic E-state index is 0.187. The molecule has 4 atom stereocenters. The van der Waals surface area contributed by atoms with E-state index in [1.807, 2.05) is 0 Å². The van der Waals surface area contributed by atoms with Crippen molar-refractivity contribution in [3.05, 3.63) is 70.8 Å². The number of aryl methyl sites for hydroxylation is 2. The van der Waals surface area contributed by atoms with E-state index in [1.165, 1.54) is 22.3 Å². The lowest BCUT2D eigenvalue weighted by atomic mass is 10.0. The molecule has 4 rings (SSSR count). The monoisotopic (exact) mass is 310 g/mol. The van der Waals surface area contributed by atoms with Crippen LogP contribution in [-0.2, 0) is 14.2 Å². The molecule has 2 fully saturated rings. The third kappa shape index (κ3) is 3.18. The molecule has 2 aliphatic heterocycles. The van der Waals surface area contributed by atoms with Gasteiger partial charge in [0.25, 0.3) is 0 Å². The SMILES string of the molecule is Cc1ccccc1C1OC1COCC1OC1c1ccccc1C. The van der Waals surface area contributed by atoms with Crippen molar-refractivity contribution in [2.45, 2.75) is 38.3 Å². The Labute approximate surface area is 137 Å². The Bertz CT molecular complexity index is 637. The fourth-order valence-corrected chi connectivity index (χ4v) is 3.20. The third-order valence-corrected chi connectivity index (χ3v) is 4.72. The zero-order chi connectivity index (χ0) is 15.8. The molecule has 0 bridgehead atoms. The van der Waals surface area contributed by atoms with E-state index >= 15 is 0 Å². The Morgan fingerprint density at radius 1 is 0.739 bits per heavy atom. The first kappa shape index (κ1) is 14.9. The summed E-state index contributed by atoms with van der Waals surface area (Å²) in [6, 6.07) is 16.8. The molecule has 0 N–H and O–H groups in total. The molecule has 2 aromatic rings. The minimum absolute atomic E-state index is 0.187. The molecule has 0 saturated carbocycles. The van der Waals surface area contributed by atoms with Crippen LogP contribution in [0.25, 0.3) is 0 Å². The quantitative estimate of drug-likeness (QED) is 0.759. The van der Waals surface area contributed by atoms with Crippen LogP contribution in [0, 0.1) is 13.8 Å². The normalized spacial score (nSPS) is 28.6. The van der Waals surface area contributed by atoms with Crippen molar-refractivity contribution < 1.29 is 14.2 Å². The second-order valence-corrected chi connectivity index (χ2v) is 6.44. The summed E-state index contributed by atoms with van der Waals surface area (Å²) in [6.07, 6.45) is 0.769. The van der Waals surface area contributed by atoms with Gasteiger partial charge in [-0.05, 0) is 36.1 Å². The number of epoxide rings is 2. The van der Waals surface area contributed by atoms with Crippen LogP contribution in [0.3, 0.4) is 0 Å². The first-order valence-corrected chi connectivity index (χ1v) is 8.24. The predicted octanol–water partition coefficient (Wildman–Crippen LogP) is 3.90. The maximum Gasteiger partial charge on any atom is 0.112 e. The molecular formula is C20H22O3. The standard InChI is InChI=1S/C20H22O3/c1-13-7-3-5-9-15(13)19-17(22-19)11-21-12-18-20(23-18)16-10-6-4-8-14(16)2/h3-10,17-20H,11-12H2,1-2H3. The van der Waals surface area contributed by atoms with Gasteiger partial charge in [0.15, 0.2) is 0 Å². The summed E-state index contributed by atoms with van der Waals surface area (Å²) in [4.78, 5) is 0. The highest BCUT2D eigenvalue weighted by Crippen LogP contribution is 2.42. The van der Waals surface area contributed by atoms with Crippen LogP contribution in [0.1, 0.15) is 34.5 Å². The Balaban J connectivity index is 1.23. The smallest absolute Gasteiger partial charge is 0.112 e. The van der Waals surface area contributed by atoms with E-state index in [0.717, 1.165) is 0 Å². The van der Waals surface area contributed by atoms with Gasteiger partial charge in [-0.25, -0.2) is 0 Å². The first-order chi connectivity index (χ1) is 11.2. The van der Waals surface area contributed by atoms with E-state index < -0.39 is 0 Å². The van der Waals surface area contributed by atoms with E-state index in [-0.39, 0.29) is 24.4 Å². The third-order valence-electron chi connectivity index (χ3n) is 4.72. The molecule has 2 saturated heterocycles. The van der Waals surface area contributed by atoms with Crippen molar-refractivity contribution in [3.63, 3.8) is 0 Å². The summed E-state index contributed by atoms with van der Waals surface area (Å²) in [6.45, 7) is 5.53. The maximum absolute atomic E-state index is 5.81. The topological polar surface area (TPSA) is 34.3 Å². The molecular weight excluding hydrogens is 288 g/mol. The highest BCUT2D eigenvalue weighted by molar-refractivity contribution is 5.32. The molecule has 2 aromatic carbocycles. The van der Waals surface area contributed by atoms with Gasteiger partial charge in [-0.1, -0.05) is 48.5 Å². The van der Waals surface area contributed by atoms with Crippen LogP contribution in [0.5, 0.6) is 0 Å². The number of benzene rings is 2. The summed E-state index contributed by atoms with van der Waals surface area (Å²) >= 11 is 0. The zero-order valence-electron chi connectivity index (χ0n) is 13.6. The summed E-state index contributed by atoms with van der Waals surface area (Å²) in [5, 5.41) is 0. The molecule has 23 heavy (non-hydrogen) atoms. The number of ether oxygens (including phenoxy) is 3. The molecule has 0 spiro atoms. The Kier molecular flexibility index (Phi) is 3.93. The summed E-state index contributed by atoms with van der Waals surface area (Å²) in [5.74, 6) is 0. The summed E-state index contributed by atoms with van der Waals surface area (Å²) < 4.78 is 17.3. The highest BCUT2D eigenvalue weighted by atomic mass is 16.6. The van der Waals surface area contributed by atoms with Gasteiger partial charge in [-0.3, -0.25) is 0 Å². The average molecular weight is 310 g/mol. The molecule has 120 valence electrons. The molecule has 3 heteroatoms. The second-order valence-electron chi connectivity index (χ2n) is 6.44. The molecule has 0 amide bonds. The van der Waals surface area contributed by atoms with Crippen molar-refractivity contribution in [2.24, 2.45) is 0 Å². The van der Waals surface area contributed by atoms with E-state index in [0.29, 0.717) is 13.2 Å². The van der Waals surface area contributed by atoms with E-state index in [2.05, 4.69) is 62.4 Å². The van der Waals surface area contributed by atoms with Gasteiger partial charge >= 0.3 is 0 Å². The summed E-state index contributed by atoms with van der Waals surface area (Å²) in [5.41, 5.74) is 5.12. The largest absolute Gasteiger partial charge is 0.376 e. The highest BCUT2D eigenvalue weighted by Gasteiger charge is 2.43. The van der Waals surface area contributed by atoms with Crippen LogP contribution < -0.4 is 0 Å². The molecule has 0 radical (unpaired) electrons. The average Bonchev–Trinajstić information content (AvgIpc) is 3.45. The Morgan fingerprint density at radius 2 is 1.17 bits per heavy atom. The van der Waals surface area contributed by atoms with Gasteiger partial charge in [0.05, 0.1) is 13.2 Å². The Morgan fingerprint density at radius 3 is 1.61 bits per heavy atom. The van der Waals surface area contributed by atoms with Gasteiger partial charge in [-0.2, -0.15) is 0 Å². The molecule has 4 unspecified atom stereocenters. The number of hydrogen-bond donors (Lipinski definition) is 0. The second kappa shape index (κ2) is 6.08. The first-order valence-electron chi connectivity index (χ1n) is 8.24. The van der Waals surface area contributed by atoms with Gasteiger partial charge in [-0.15, -0.1) is 0 Å². The van der Waals surface area contributed by atoms with Crippen molar-refractivity contribution in [1.82, 2.24) is 0 Å². The molecule has 0 aliphatic carbocycles. The van der Waals surface area contributed by atoms with Crippen LogP contribution >= 0.6 is 0 Å². The van der Waals surface area contributed by atoms with Gasteiger partial charge in [0.2, 0.25) is 0 Å². The number of hydrogen-bond acceptors (Lipinski definition) is 3. The molecule has 3 nitrogen and oxygen atoms in total. The van der Waals surface area contributed by atoms with Gasteiger partial charge < -0.3 is 14.2 Å². The molecule has 2 aliphatic rings. The fourth-order valence-electron chi connectivity index (χ4n) is 3.20. The van der Waals surface area contributed by atoms with Gasteiger partial charge in [0.1, 0.15) is 24.4 Å². The van der Waals surface area contributed by atoms with Crippen LogP contribution in [0.4, 0.5) is 0 Å². The zero-order valence-corrected chi connectivity index (χ0v) is 13.6. The van der Waals surface area contributed by atoms with E-state index in [1.54, 1.807) is 0 Å². The van der Waals surface area contributed by atoms with E-state index in [9.17, 15) is 0 Å². The lowest BCUT2D eigenvalue weighted by molar-refractivity contribution is 0.102. The van der Waals surface area contributed by atoms with E-state index in [4.69, 9.17) is 14.2 Å². The van der Waals surface area contributed by atoms with Crippen molar-refractivity contribution in [2.75, 3.05) is 13.2 Å². The van der Waals surface area contributed by atoms with Crippen molar-refractivity contribution in [1.29, 1.82) is 0 Å². The summed E-state index contributed by atoms with van der Waals surface area (Å²) in [7, 11) is 0. The Hall–Kier alpha value is -1.68. The van der Waals surface area contributed by atoms with Crippen LogP contribution in [0.2, 0.25) is 0 Å². The van der Waals surface area contributed by atoms with Crippen molar-refractivity contribution in [3.8, 4) is 0 Å². The maximum atomic E-state index is 5.81. The van der Waals surface area contributed by atoms with Crippen LogP contribution in [-0.4, -0.2) is 25.4 Å². The van der Waals surface area contributed by atoms with Crippen molar-refractivity contribution >= 4 is 0 Å². The fraction of sp³-hybridized carbons (Fsp3) is 0.400. The molecule has 0 aromatic heterocycles. The molecule has 2 heterocycles. The minimum Gasteiger partial charge on any atom is -0.376 e. The van der Waals surface area contributed by atoms with Gasteiger partial charge in [0, 0.05) is 0 Å². The lowest BCUT2D eigenvalue weighted by Gasteiger charge is -2.03. The lowest BCUT2D eigenvalue weighted by Crippen LogP contribution is -2.08. The number of rotatable bonds is 6. The predicted molar refractivity (Wildman–Crippen MR) is 88.4 cm³/mol.